The van der Waals surface area contributed by atoms with Crippen molar-refractivity contribution in [2.24, 2.45) is 0 Å². The maximum Gasteiger partial charge on any atom is 0.0465 e. The second-order valence-corrected chi connectivity index (χ2v) is 21.5. The maximum absolute atomic E-state index is 2.52. The predicted octanol–water partition coefficient (Wildman–Crippen LogP) is 18.6. The van der Waals surface area contributed by atoms with Crippen LogP contribution < -0.4 is 9.80 Å². The molecule has 0 N–H and O–H groups in total. The zero-order valence-electron chi connectivity index (χ0n) is 41.8. The van der Waals surface area contributed by atoms with E-state index in [0.717, 1.165) is 0 Å². The highest BCUT2D eigenvalue weighted by Gasteiger charge is 2.40. The van der Waals surface area contributed by atoms with Gasteiger partial charge >= 0.3 is 0 Å². The van der Waals surface area contributed by atoms with E-state index in [1.54, 1.807) is 0 Å². The lowest BCUT2D eigenvalue weighted by atomic mass is 9.79. The monoisotopic (exact) mass is 880 g/mol. The Morgan fingerprint density at radius 3 is 0.882 bits per heavy atom. The Labute approximate surface area is 402 Å². The molecule has 0 fully saturated rings. The number of nitrogens with zero attached hydrogens (tertiary/aromatic N) is 2. The number of fused-ring (bicyclic) bond motifs is 8. The number of anilines is 6. The summed E-state index contributed by atoms with van der Waals surface area (Å²) in [5, 5.41) is 8.07. The van der Waals surface area contributed by atoms with Crippen LogP contribution in [0.3, 0.4) is 0 Å². The van der Waals surface area contributed by atoms with Gasteiger partial charge < -0.3 is 9.80 Å². The Hall–Kier alpha value is -7.16. The van der Waals surface area contributed by atoms with Crippen molar-refractivity contribution in [2.75, 3.05) is 9.80 Å². The lowest BCUT2D eigenvalue weighted by Gasteiger charge is -2.29. The number of benzene rings is 10. The van der Waals surface area contributed by atoms with Gasteiger partial charge in [-0.3, -0.25) is 0 Å². The first kappa shape index (κ1) is 42.2. The summed E-state index contributed by atoms with van der Waals surface area (Å²) in [6.07, 6.45) is 0. The molecule has 0 spiro atoms. The molecule has 2 aliphatic carbocycles. The molecule has 0 saturated carbocycles. The quantitative estimate of drug-likeness (QED) is 0.154. The molecule has 10 aromatic rings. The van der Waals surface area contributed by atoms with E-state index >= 15 is 0 Å². The molecule has 0 aliphatic heterocycles. The van der Waals surface area contributed by atoms with Crippen LogP contribution >= 0.6 is 0 Å². The molecule has 0 bridgehead atoms. The van der Waals surface area contributed by atoms with E-state index in [1.165, 1.54) is 155 Å². The molecule has 0 atom stereocenters. The smallest absolute Gasteiger partial charge is 0.0465 e. The summed E-state index contributed by atoms with van der Waals surface area (Å²) >= 11 is 0. The number of hydrogen-bond donors (Lipinski definition) is 0. The maximum atomic E-state index is 2.52. The van der Waals surface area contributed by atoms with E-state index in [0.29, 0.717) is 0 Å². The largest absolute Gasteiger partial charge is 0.310 e. The molecule has 2 heteroatoms. The highest BCUT2D eigenvalue weighted by atomic mass is 15.1. The Bertz CT molecular complexity index is 3430. The summed E-state index contributed by atoms with van der Waals surface area (Å²) in [6, 6.07) is 56.7. The first-order valence-electron chi connectivity index (χ1n) is 24.5. The fourth-order valence-corrected chi connectivity index (χ4v) is 12.0. The molecule has 68 heavy (non-hydrogen) atoms. The van der Waals surface area contributed by atoms with Gasteiger partial charge in [0, 0.05) is 45.0 Å². The van der Waals surface area contributed by atoms with Gasteiger partial charge in [-0.15, -0.1) is 0 Å². The molecule has 2 nitrogen and oxygen atoms in total. The minimum atomic E-state index is -0.201. The van der Waals surface area contributed by atoms with Crippen molar-refractivity contribution < 1.29 is 0 Å². The van der Waals surface area contributed by atoms with Gasteiger partial charge in [-0.2, -0.15) is 0 Å². The van der Waals surface area contributed by atoms with Crippen LogP contribution in [0.15, 0.2) is 146 Å². The fourth-order valence-electron chi connectivity index (χ4n) is 12.0. The van der Waals surface area contributed by atoms with Gasteiger partial charge in [0.2, 0.25) is 0 Å². The van der Waals surface area contributed by atoms with Crippen LogP contribution in [-0.4, -0.2) is 0 Å². The molecular weight excluding hydrogens is 821 g/mol. The van der Waals surface area contributed by atoms with Crippen molar-refractivity contribution in [3.63, 3.8) is 0 Å². The van der Waals surface area contributed by atoms with Crippen molar-refractivity contribution in [3.05, 3.63) is 212 Å². The lowest BCUT2D eigenvalue weighted by Crippen LogP contribution is -2.17. The minimum absolute atomic E-state index is 0.201. The number of aryl methyl sites for hydroxylation is 8. The van der Waals surface area contributed by atoms with Crippen LogP contribution in [0.5, 0.6) is 0 Å². The third kappa shape index (κ3) is 6.02. The predicted molar refractivity (Wildman–Crippen MR) is 293 cm³/mol. The van der Waals surface area contributed by atoms with Gasteiger partial charge in [0.05, 0.1) is 0 Å². The van der Waals surface area contributed by atoms with Crippen molar-refractivity contribution in [3.8, 4) is 22.3 Å². The van der Waals surface area contributed by atoms with Gasteiger partial charge in [0.25, 0.3) is 0 Å². The molecule has 10 aromatic carbocycles. The zero-order valence-corrected chi connectivity index (χ0v) is 41.8. The third-order valence-corrected chi connectivity index (χ3v) is 16.7. The number of hydrogen-bond acceptors (Lipinski definition) is 2. The average molecular weight is 881 g/mol. The Balaban J connectivity index is 1.02. The molecule has 0 aromatic heterocycles. The van der Waals surface area contributed by atoms with Crippen LogP contribution in [-0.2, 0) is 10.8 Å². The highest BCUT2D eigenvalue weighted by molar-refractivity contribution is 6.29. The van der Waals surface area contributed by atoms with E-state index in [9.17, 15) is 0 Å². The zero-order chi connectivity index (χ0) is 47.3. The number of rotatable bonds is 6. The molecule has 0 unspecified atom stereocenters. The van der Waals surface area contributed by atoms with Crippen molar-refractivity contribution in [1.29, 1.82) is 0 Å². The van der Waals surface area contributed by atoms with Crippen LogP contribution in [0.25, 0.3) is 54.6 Å². The van der Waals surface area contributed by atoms with Crippen molar-refractivity contribution in [2.45, 2.75) is 93.9 Å². The summed E-state index contributed by atoms with van der Waals surface area (Å²) in [6.45, 7) is 27.4. The van der Waals surface area contributed by atoms with Crippen LogP contribution in [0.1, 0.15) is 94.5 Å². The molecule has 2 aliphatic rings. The van der Waals surface area contributed by atoms with Gasteiger partial charge in [-0.25, -0.2) is 0 Å². The van der Waals surface area contributed by atoms with Crippen molar-refractivity contribution >= 4 is 66.4 Å². The molecule has 0 radical (unpaired) electrons. The van der Waals surface area contributed by atoms with E-state index in [1.807, 2.05) is 0 Å². The van der Waals surface area contributed by atoms with Crippen LogP contribution in [0.4, 0.5) is 34.1 Å². The third-order valence-electron chi connectivity index (χ3n) is 16.7. The topological polar surface area (TPSA) is 6.48 Å². The fraction of sp³-hybridized carbons (Fsp3) is 0.212. The average Bonchev–Trinajstić information content (AvgIpc) is 3.68. The second-order valence-electron chi connectivity index (χ2n) is 21.5. The van der Waals surface area contributed by atoms with E-state index in [4.69, 9.17) is 0 Å². The molecule has 0 amide bonds. The second kappa shape index (κ2) is 14.7. The molecule has 334 valence electrons. The lowest BCUT2D eigenvalue weighted by molar-refractivity contribution is 0.661. The van der Waals surface area contributed by atoms with E-state index in [-0.39, 0.29) is 10.8 Å². The summed E-state index contributed by atoms with van der Waals surface area (Å²) < 4.78 is 0. The SMILES string of the molecule is Cc1ccc(N(c2ccc(C)c(C)c2)c2ccc3c(c2)C(C)(C)c2cc4ccc5c6c(cc7ccc(c2-3)c4c75)C(C)(C)c2cc(N(c3ccc(C)c(C)c3)c3ccc(C)c(C)c3)ccc2-6)cc1C. The normalized spacial score (nSPS) is 14.1. The van der Waals surface area contributed by atoms with E-state index in [2.05, 4.69) is 238 Å². The highest BCUT2D eigenvalue weighted by Crippen LogP contribution is 2.58. The van der Waals surface area contributed by atoms with Crippen LogP contribution in [0, 0.1) is 55.4 Å². The summed E-state index contributed by atoms with van der Waals surface area (Å²) in [4.78, 5) is 4.90. The van der Waals surface area contributed by atoms with Gasteiger partial charge in [-0.05, 0) is 262 Å². The minimum Gasteiger partial charge on any atom is -0.310 e. The van der Waals surface area contributed by atoms with E-state index < -0.39 is 0 Å². The summed E-state index contributed by atoms with van der Waals surface area (Å²) in [5.74, 6) is 0. The molecule has 12 rings (SSSR count). The van der Waals surface area contributed by atoms with Crippen molar-refractivity contribution in [1.82, 2.24) is 0 Å². The molecular formula is C66H60N2. The Morgan fingerprint density at radius 2 is 0.574 bits per heavy atom. The van der Waals surface area contributed by atoms with Gasteiger partial charge in [0.15, 0.2) is 0 Å². The van der Waals surface area contributed by atoms with Crippen LogP contribution in [0.2, 0.25) is 0 Å². The molecule has 0 heterocycles. The van der Waals surface area contributed by atoms with Gasteiger partial charge in [-0.1, -0.05) is 88.4 Å². The standard InChI is InChI=1S/C66H60N2/c1-37-13-19-47(29-41(37)5)67(48-20-14-38(2)42(6)30-48)51-23-27-53-57(35-51)65(9,10)59-33-45-18-26-56-62-46(17-25-55(61(45)62)63(53)59)34-60-64(56)54-28-24-52(36-58(54)66(60,11)12)68(49-21-15-39(3)43(7)31-49)50-22-16-40(4)44(8)32-50/h13-36H,1-12H3. The summed E-state index contributed by atoms with van der Waals surface area (Å²) in [5.41, 5.74) is 28.1. The molecule has 0 saturated heterocycles. The Kier molecular flexibility index (Phi) is 9.11. The first-order valence-corrected chi connectivity index (χ1v) is 24.5. The van der Waals surface area contributed by atoms with Gasteiger partial charge in [0.1, 0.15) is 0 Å². The Morgan fingerprint density at radius 1 is 0.279 bits per heavy atom. The summed E-state index contributed by atoms with van der Waals surface area (Å²) in [7, 11) is 0. The first-order chi connectivity index (χ1) is 32.5.